The maximum Gasteiger partial charge on any atom is 0.240 e. The Morgan fingerprint density at radius 1 is 1.15 bits per heavy atom. The molecule has 1 aromatic carbocycles. The summed E-state index contributed by atoms with van der Waals surface area (Å²) in [7, 11) is 1.74. The van der Waals surface area contributed by atoms with Gasteiger partial charge in [-0.15, -0.1) is 0 Å². The van der Waals surface area contributed by atoms with Crippen molar-refractivity contribution in [1.82, 2.24) is 4.98 Å². The highest BCUT2D eigenvalue weighted by atomic mass is 35.5. The Labute approximate surface area is 128 Å². The van der Waals surface area contributed by atoms with Gasteiger partial charge in [0.1, 0.15) is 16.6 Å². The molecule has 0 amide bonds. The Hall–Kier alpha value is -1.45. The van der Waals surface area contributed by atoms with Crippen molar-refractivity contribution in [2.24, 2.45) is 0 Å². The number of hydrogen-bond acceptors (Lipinski definition) is 3. The van der Waals surface area contributed by atoms with Gasteiger partial charge in [0, 0.05) is 7.05 Å². The molecule has 1 heterocycles. The fraction of sp³-hybridized carbons (Fsp3) is 0.267. The number of para-hydroxylation sites is 1. The Balaban J connectivity index is 2.40. The third-order valence-electron chi connectivity index (χ3n) is 2.88. The van der Waals surface area contributed by atoms with Crippen LogP contribution in [-0.2, 0) is 0 Å². The van der Waals surface area contributed by atoms with Crippen LogP contribution in [0.15, 0.2) is 30.3 Å². The first kappa shape index (κ1) is 14.9. The second kappa shape index (κ2) is 6.33. The van der Waals surface area contributed by atoms with Crippen molar-refractivity contribution in [2.75, 3.05) is 12.4 Å². The van der Waals surface area contributed by atoms with Gasteiger partial charge < -0.3 is 10.1 Å². The van der Waals surface area contributed by atoms with E-state index in [1.807, 2.05) is 24.3 Å². The Morgan fingerprint density at radius 2 is 1.85 bits per heavy atom. The van der Waals surface area contributed by atoms with Gasteiger partial charge in [-0.3, -0.25) is 0 Å². The zero-order valence-electron chi connectivity index (χ0n) is 11.6. The van der Waals surface area contributed by atoms with Crippen molar-refractivity contribution in [3.63, 3.8) is 0 Å². The van der Waals surface area contributed by atoms with Crippen LogP contribution in [0.3, 0.4) is 0 Å². The lowest BCUT2D eigenvalue weighted by Gasteiger charge is -2.14. The molecule has 0 fully saturated rings. The van der Waals surface area contributed by atoms with Gasteiger partial charge in [-0.05, 0) is 23.6 Å². The lowest BCUT2D eigenvalue weighted by atomic mass is 10.0. The molecule has 0 aliphatic heterocycles. The van der Waals surface area contributed by atoms with E-state index in [0.29, 0.717) is 27.7 Å². The van der Waals surface area contributed by atoms with Crippen molar-refractivity contribution < 1.29 is 4.74 Å². The zero-order chi connectivity index (χ0) is 14.7. The van der Waals surface area contributed by atoms with E-state index in [1.165, 1.54) is 0 Å². The maximum atomic E-state index is 6.14. The van der Waals surface area contributed by atoms with Crippen LogP contribution < -0.4 is 10.1 Å². The van der Waals surface area contributed by atoms with Crippen LogP contribution in [-0.4, -0.2) is 12.0 Å². The van der Waals surface area contributed by atoms with E-state index in [1.54, 1.807) is 13.1 Å². The number of nitrogens with one attached hydrogen (secondary N) is 1. The summed E-state index contributed by atoms with van der Waals surface area (Å²) < 4.78 is 5.86. The lowest BCUT2D eigenvalue weighted by molar-refractivity contribution is 0.455. The zero-order valence-corrected chi connectivity index (χ0v) is 13.1. The third kappa shape index (κ3) is 3.17. The highest BCUT2D eigenvalue weighted by molar-refractivity contribution is 6.36. The molecule has 0 atom stereocenters. The largest absolute Gasteiger partial charge is 0.437 e. The number of nitrogens with zero attached hydrogens (tertiary/aromatic N) is 1. The van der Waals surface area contributed by atoms with Gasteiger partial charge in [0.25, 0.3) is 0 Å². The minimum absolute atomic E-state index is 0.341. The van der Waals surface area contributed by atoms with E-state index in [2.05, 4.69) is 24.1 Å². The summed E-state index contributed by atoms with van der Waals surface area (Å²) in [5.74, 6) is 1.98. The first-order valence-corrected chi connectivity index (χ1v) is 7.09. The highest BCUT2D eigenvalue weighted by Crippen LogP contribution is 2.35. The number of rotatable bonds is 4. The number of hydrogen-bond donors (Lipinski definition) is 1. The molecule has 0 unspecified atom stereocenters. The van der Waals surface area contributed by atoms with Crippen molar-refractivity contribution in [2.45, 2.75) is 19.8 Å². The number of pyridine rings is 1. The van der Waals surface area contributed by atoms with E-state index in [0.717, 1.165) is 11.3 Å². The average Bonchev–Trinajstić information content (AvgIpc) is 2.42. The van der Waals surface area contributed by atoms with Crippen molar-refractivity contribution in [3.05, 3.63) is 45.9 Å². The number of aromatic nitrogens is 1. The van der Waals surface area contributed by atoms with Gasteiger partial charge in [0.05, 0.1) is 5.02 Å². The predicted molar refractivity (Wildman–Crippen MR) is 84.4 cm³/mol. The first-order valence-electron chi connectivity index (χ1n) is 6.33. The molecular weight excluding hydrogens is 295 g/mol. The molecule has 0 aliphatic rings. The van der Waals surface area contributed by atoms with E-state index in [9.17, 15) is 0 Å². The summed E-state index contributed by atoms with van der Waals surface area (Å²) in [6, 6.07) is 9.46. The van der Waals surface area contributed by atoms with Crippen molar-refractivity contribution >= 4 is 29.0 Å². The molecule has 0 radical (unpaired) electrons. The molecule has 0 saturated heterocycles. The fourth-order valence-electron chi connectivity index (χ4n) is 1.85. The molecule has 5 heteroatoms. The maximum absolute atomic E-state index is 6.14. The summed E-state index contributed by atoms with van der Waals surface area (Å²) in [4.78, 5) is 4.29. The molecule has 106 valence electrons. The smallest absolute Gasteiger partial charge is 0.240 e. The Morgan fingerprint density at radius 3 is 2.50 bits per heavy atom. The molecular formula is C15H16Cl2N2O. The third-order valence-corrected chi connectivity index (χ3v) is 3.44. The molecule has 3 nitrogen and oxygen atoms in total. The lowest BCUT2D eigenvalue weighted by Crippen LogP contribution is -1.99. The topological polar surface area (TPSA) is 34.2 Å². The predicted octanol–water partition coefficient (Wildman–Crippen LogP) is 5.35. The van der Waals surface area contributed by atoms with Crippen molar-refractivity contribution in [3.8, 4) is 11.6 Å². The average molecular weight is 311 g/mol. The van der Waals surface area contributed by atoms with Gasteiger partial charge in [-0.2, -0.15) is 4.98 Å². The second-order valence-electron chi connectivity index (χ2n) is 4.65. The molecule has 1 N–H and O–H groups in total. The second-order valence-corrected chi connectivity index (χ2v) is 5.46. The van der Waals surface area contributed by atoms with Crippen LogP contribution >= 0.6 is 23.2 Å². The van der Waals surface area contributed by atoms with Crippen LogP contribution in [0.5, 0.6) is 11.6 Å². The summed E-state index contributed by atoms with van der Waals surface area (Å²) in [6.45, 7) is 4.22. The van der Waals surface area contributed by atoms with Crippen LogP contribution in [0.25, 0.3) is 0 Å². The summed E-state index contributed by atoms with van der Waals surface area (Å²) in [6.07, 6.45) is 0. The number of halogens is 2. The monoisotopic (exact) mass is 310 g/mol. The Bertz CT molecular complexity index is 615. The van der Waals surface area contributed by atoms with Crippen molar-refractivity contribution in [1.29, 1.82) is 0 Å². The SMILES string of the molecule is CNc1nc(Oc2ccccc2C(C)C)c(Cl)cc1Cl. The summed E-state index contributed by atoms with van der Waals surface area (Å²) >= 11 is 12.2. The summed E-state index contributed by atoms with van der Waals surface area (Å²) in [5, 5.41) is 3.75. The fourth-order valence-corrected chi connectivity index (χ4v) is 2.34. The van der Waals surface area contributed by atoms with E-state index < -0.39 is 0 Å². The van der Waals surface area contributed by atoms with E-state index in [-0.39, 0.29) is 0 Å². The van der Waals surface area contributed by atoms with E-state index in [4.69, 9.17) is 27.9 Å². The van der Waals surface area contributed by atoms with Gasteiger partial charge in [0.2, 0.25) is 5.88 Å². The van der Waals surface area contributed by atoms with Crippen LogP contribution in [0.1, 0.15) is 25.3 Å². The molecule has 0 aliphatic carbocycles. The minimum atomic E-state index is 0.341. The van der Waals surface area contributed by atoms with Crippen LogP contribution in [0.2, 0.25) is 10.0 Å². The van der Waals surface area contributed by atoms with Gasteiger partial charge >= 0.3 is 0 Å². The molecule has 20 heavy (non-hydrogen) atoms. The molecule has 0 bridgehead atoms. The standard InChI is InChI=1S/C15H16Cl2N2O/c1-9(2)10-6-4-5-7-13(10)20-15-12(17)8-11(16)14(18-3)19-15/h4-9H,1-3H3,(H,18,19). The van der Waals surface area contributed by atoms with Crippen LogP contribution in [0, 0.1) is 0 Å². The Kier molecular flexibility index (Phi) is 4.73. The quantitative estimate of drug-likeness (QED) is 0.827. The van der Waals surface area contributed by atoms with Crippen LogP contribution in [0.4, 0.5) is 5.82 Å². The van der Waals surface area contributed by atoms with Gasteiger partial charge in [0.15, 0.2) is 0 Å². The molecule has 0 spiro atoms. The number of anilines is 1. The number of ether oxygens (including phenoxy) is 1. The minimum Gasteiger partial charge on any atom is -0.437 e. The highest BCUT2D eigenvalue weighted by Gasteiger charge is 2.13. The van der Waals surface area contributed by atoms with Gasteiger partial charge in [-0.1, -0.05) is 55.2 Å². The van der Waals surface area contributed by atoms with Gasteiger partial charge in [-0.25, -0.2) is 0 Å². The molecule has 2 rings (SSSR count). The van der Waals surface area contributed by atoms with E-state index >= 15 is 0 Å². The molecule has 0 saturated carbocycles. The molecule has 1 aromatic heterocycles. The molecule has 2 aromatic rings. The number of benzene rings is 1. The summed E-state index contributed by atoms with van der Waals surface area (Å²) in [5.41, 5.74) is 1.10. The normalized spacial score (nSPS) is 10.7. The first-order chi connectivity index (χ1) is 9.52.